The summed E-state index contributed by atoms with van der Waals surface area (Å²) in [6.07, 6.45) is 7.47. The number of quaternary nitrogens is 1. The smallest absolute Gasteiger partial charge is 0.317 e. The summed E-state index contributed by atoms with van der Waals surface area (Å²) in [5, 5.41) is 28.1. The van der Waals surface area contributed by atoms with Gasteiger partial charge in [0, 0.05) is 26.9 Å². The predicted octanol–water partition coefficient (Wildman–Crippen LogP) is 1.06. The van der Waals surface area contributed by atoms with Crippen LogP contribution in [0.25, 0.3) is 0 Å². The van der Waals surface area contributed by atoms with Crippen molar-refractivity contribution in [3.8, 4) is 0 Å². The maximum Gasteiger partial charge on any atom is 0.317 e. The molecule has 14 heteroatoms. The van der Waals surface area contributed by atoms with Gasteiger partial charge in [0.1, 0.15) is 37.5 Å². The minimum atomic E-state index is -1.11. The largest absolute Gasteiger partial charge is 0.544 e. The van der Waals surface area contributed by atoms with E-state index >= 15 is 0 Å². The molecule has 3 aliphatic rings. The maximum atomic E-state index is 10.5. The second kappa shape index (κ2) is 31.8. The van der Waals surface area contributed by atoms with Gasteiger partial charge in [0.05, 0.1) is 72.9 Å². The van der Waals surface area contributed by atoms with E-state index in [1.54, 1.807) is 40.2 Å². The van der Waals surface area contributed by atoms with Crippen molar-refractivity contribution in [1.82, 2.24) is 4.90 Å². The topological polar surface area (TPSA) is 175 Å². The zero-order chi connectivity index (χ0) is 35.9. The van der Waals surface area contributed by atoms with Gasteiger partial charge in [-0.3, -0.25) is 9.69 Å². The van der Waals surface area contributed by atoms with Crippen molar-refractivity contribution in [3.05, 3.63) is 0 Å². The van der Waals surface area contributed by atoms with Crippen LogP contribution in [-0.4, -0.2) is 177 Å². The van der Waals surface area contributed by atoms with Gasteiger partial charge in [0.2, 0.25) is 0 Å². The third-order valence-electron chi connectivity index (χ3n) is 6.12. The highest BCUT2D eigenvalue weighted by atomic mass is 16.6. The number of carbonyl (C=O) groups excluding carboxylic acids is 1. The normalized spacial score (nSPS) is 19.3. The zero-order valence-electron chi connectivity index (χ0n) is 30.6. The summed E-state index contributed by atoms with van der Waals surface area (Å²) in [5.74, 6) is -1.89. The van der Waals surface area contributed by atoms with E-state index in [2.05, 4.69) is 20.8 Å². The zero-order valence-corrected chi connectivity index (χ0v) is 30.6. The Morgan fingerprint density at radius 1 is 0.830 bits per heavy atom. The van der Waals surface area contributed by atoms with Crippen LogP contribution in [0.15, 0.2) is 0 Å². The van der Waals surface area contributed by atoms with Crippen LogP contribution < -0.4 is 5.11 Å². The van der Waals surface area contributed by atoms with Crippen LogP contribution in [0.2, 0.25) is 0 Å². The van der Waals surface area contributed by atoms with Crippen molar-refractivity contribution >= 4 is 11.9 Å². The number of rotatable bonds is 23. The molecular weight excluding hydrogens is 616 g/mol. The summed E-state index contributed by atoms with van der Waals surface area (Å²) in [6.45, 7) is 14.5. The Morgan fingerprint density at radius 2 is 1.23 bits per heavy atom. The first kappa shape index (κ1) is 47.7. The number of hydrogen-bond donors (Lipinski definition) is 2. The Kier molecular flexibility index (Phi) is 32.2. The van der Waals surface area contributed by atoms with E-state index < -0.39 is 18.0 Å². The van der Waals surface area contributed by atoms with Gasteiger partial charge in [0.25, 0.3) is 0 Å². The van der Waals surface area contributed by atoms with Crippen LogP contribution >= 0.6 is 0 Å². The SMILES string of the molecule is CCCCOCC(O)C[N+](C)(C)CC(=O)[O-].CCCCOCC1CO1.CCCCOCC1CO1.CN(C)CC(=O)O.COCC1CO1. The van der Waals surface area contributed by atoms with E-state index in [1.165, 1.54) is 25.7 Å². The third-order valence-corrected chi connectivity index (χ3v) is 6.12. The molecule has 3 rings (SSSR count). The number of hydrogen-bond acceptors (Lipinski definition) is 12. The van der Waals surface area contributed by atoms with Gasteiger partial charge in [-0.2, -0.15) is 0 Å². The molecule has 47 heavy (non-hydrogen) atoms. The van der Waals surface area contributed by atoms with Gasteiger partial charge in [0.15, 0.2) is 0 Å². The number of carboxylic acids is 2. The highest BCUT2D eigenvalue weighted by Crippen LogP contribution is 2.09. The molecule has 3 aliphatic heterocycles. The molecule has 4 unspecified atom stereocenters. The molecule has 0 spiro atoms. The van der Waals surface area contributed by atoms with Crippen LogP contribution in [0.3, 0.4) is 0 Å². The highest BCUT2D eigenvalue weighted by Gasteiger charge is 2.23. The first-order valence-corrected chi connectivity index (χ1v) is 16.9. The van der Waals surface area contributed by atoms with Crippen molar-refractivity contribution < 1.29 is 62.5 Å². The van der Waals surface area contributed by atoms with E-state index in [0.717, 1.165) is 65.7 Å². The van der Waals surface area contributed by atoms with E-state index in [0.29, 0.717) is 31.5 Å². The molecule has 2 N–H and O–H groups in total. The summed E-state index contributed by atoms with van der Waals surface area (Å²) in [7, 11) is 8.60. The van der Waals surface area contributed by atoms with Gasteiger partial charge in [-0.05, 0) is 33.4 Å². The highest BCUT2D eigenvalue weighted by molar-refractivity contribution is 5.68. The number of aliphatic hydroxyl groups excluding tert-OH is 1. The molecule has 282 valence electrons. The first-order valence-electron chi connectivity index (χ1n) is 16.9. The molecule has 0 amide bonds. The summed E-state index contributed by atoms with van der Waals surface area (Å²) in [6, 6.07) is 0. The number of nitrogens with zero attached hydrogens (tertiary/aromatic N) is 2. The van der Waals surface area contributed by atoms with Gasteiger partial charge >= 0.3 is 5.97 Å². The van der Waals surface area contributed by atoms with Gasteiger partial charge < -0.3 is 57.8 Å². The second-order valence-corrected chi connectivity index (χ2v) is 12.5. The summed E-state index contributed by atoms with van der Waals surface area (Å²) in [4.78, 5) is 21.8. The Bertz CT molecular complexity index is 698. The standard InChI is InChI=1S/C11H23NO4.2C7H14O2.C4H9NO2.C4H8O2/c1-4-5-6-16-9-10(13)7-12(2,3)8-11(14)15;2*1-2-3-4-8-5-7-6-9-7;1-5(2)3-4(6)7;1-5-2-4-3-6-4/h10,13H,4-9H2,1-3H3;2*7H,2-6H2,1H3;3H2,1-2H3,(H,6,7);4H,2-3H2,1H3. The monoisotopic (exact) mass is 684 g/mol. The van der Waals surface area contributed by atoms with E-state index in [-0.39, 0.29) is 24.2 Å². The molecule has 0 radical (unpaired) electrons. The quantitative estimate of drug-likeness (QED) is 0.0889. The molecule has 4 atom stereocenters. The molecule has 14 nitrogen and oxygen atoms in total. The van der Waals surface area contributed by atoms with Crippen LogP contribution in [-0.2, 0) is 42.7 Å². The second-order valence-electron chi connectivity index (χ2n) is 12.5. The van der Waals surface area contributed by atoms with Crippen LogP contribution in [0.1, 0.15) is 59.3 Å². The average Bonchev–Trinajstić information content (AvgIpc) is 3.82. The lowest BCUT2D eigenvalue weighted by Crippen LogP contribution is -2.52. The fourth-order valence-electron chi connectivity index (χ4n) is 3.37. The third kappa shape index (κ3) is 44.5. The Labute approximate surface area is 284 Å². The lowest BCUT2D eigenvalue weighted by Gasteiger charge is -2.31. The van der Waals surface area contributed by atoms with Crippen molar-refractivity contribution in [2.24, 2.45) is 0 Å². The number of carboxylic acid groups (broad SMARTS) is 2. The van der Waals surface area contributed by atoms with E-state index in [9.17, 15) is 19.8 Å². The Morgan fingerprint density at radius 3 is 1.51 bits per heavy atom. The Balaban J connectivity index is 0. The molecule has 0 saturated carbocycles. The predicted molar refractivity (Wildman–Crippen MR) is 177 cm³/mol. The molecule has 0 aliphatic carbocycles. The molecule has 0 aromatic carbocycles. The lowest BCUT2D eigenvalue weighted by atomic mass is 10.3. The average molecular weight is 685 g/mol. The molecule has 0 aromatic heterocycles. The fourth-order valence-corrected chi connectivity index (χ4v) is 3.37. The number of carbonyl (C=O) groups is 2. The molecule has 0 aromatic rings. The Hall–Kier alpha value is -1.46. The molecular formula is C33H68N2O12. The molecule has 3 saturated heterocycles. The number of ether oxygens (including phenoxy) is 7. The number of epoxide rings is 3. The molecule has 3 fully saturated rings. The minimum Gasteiger partial charge on any atom is -0.544 e. The maximum absolute atomic E-state index is 10.5. The van der Waals surface area contributed by atoms with Crippen LogP contribution in [0.5, 0.6) is 0 Å². The number of aliphatic hydroxyl groups is 1. The van der Waals surface area contributed by atoms with Crippen LogP contribution in [0, 0.1) is 0 Å². The number of aliphatic carboxylic acids is 2. The van der Waals surface area contributed by atoms with Crippen LogP contribution in [0.4, 0.5) is 0 Å². The fraction of sp³-hybridized carbons (Fsp3) is 0.939. The number of methoxy groups -OCH3 is 1. The minimum absolute atomic E-state index is 0.105. The van der Waals surface area contributed by atoms with Gasteiger partial charge in [-0.1, -0.05) is 40.0 Å². The molecule has 0 bridgehead atoms. The lowest BCUT2D eigenvalue weighted by molar-refractivity contribution is -0.887. The number of likely N-dealkylation sites (N-methyl/N-ethyl adjacent to an activating group) is 2. The van der Waals surface area contributed by atoms with Gasteiger partial charge in [-0.25, -0.2) is 0 Å². The summed E-state index contributed by atoms with van der Waals surface area (Å²) in [5.41, 5.74) is 0. The van der Waals surface area contributed by atoms with Crippen molar-refractivity contribution in [3.63, 3.8) is 0 Å². The number of unbranched alkanes of at least 4 members (excludes halogenated alkanes) is 3. The summed E-state index contributed by atoms with van der Waals surface area (Å²) >= 11 is 0. The van der Waals surface area contributed by atoms with Gasteiger partial charge in [-0.15, -0.1) is 0 Å². The first-order chi connectivity index (χ1) is 22.3. The molecule has 3 heterocycles. The van der Waals surface area contributed by atoms with E-state index in [4.69, 9.17) is 38.3 Å². The summed E-state index contributed by atoms with van der Waals surface area (Å²) < 4.78 is 35.5. The van der Waals surface area contributed by atoms with Crippen molar-refractivity contribution in [2.45, 2.75) is 83.7 Å². The van der Waals surface area contributed by atoms with Crippen molar-refractivity contribution in [1.29, 1.82) is 0 Å². The van der Waals surface area contributed by atoms with Crippen molar-refractivity contribution in [2.75, 3.05) is 121 Å². The van der Waals surface area contributed by atoms with E-state index in [1.807, 2.05) is 0 Å².